The zero-order valence-corrected chi connectivity index (χ0v) is 10.0. The molecule has 0 aliphatic carbocycles. The van der Waals surface area contributed by atoms with Crippen LogP contribution in [0, 0.1) is 5.95 Å². The van der Waals surface area contributed by atoms with Gasteiger partial charge in [-0.15, -0.1) is 0 Å². The zero-order chi connectivity index (χ0) is 11.8. The Balaban J connectivity index is 2.20. The Bertz CT molecular complexity index is 300. The molecule has 1 N–H and O–H groups in total. The molecule has 4 heteroatoms. The van der Waals surface area contributed by atoms with Crippen molar-refractivity contribution in [3.8, 4) is 0 Å². The molecule has 0 aromatic carbocycles. The minimum atomic E-state index is -0.436. The molecule has 3 nitrogen and oxygen atoms in total. The first-order valence-electron chi connectivity index (χ1n) is 5.84. The number of aromatic nitrogens is 1. The first-order valence-corrected chi connectivity index (χ1v) is 5.84. The van der Waals surface area contributed by atoms with Crippen LogP contribution in [0.25, 0.3) is 0 Å². The Kier molecular flexibility index (Phi) is 5.78. The van der Waals surface area contributed by atoms with E-state index in [0.717, 1.165) is 38.3 Å². The minimum absolute atomic E-state index is 0.436. The molecule has 1 aromatic rings. The van der Waals surface area contributed by atoms with E-state index in [9.17, 15) is 4.39 Å². The Morgan fingerprint density at radius 3 is 2.75 bits per heavy atom. The first-order chi connectivity index (χ1) is 7.76. The Hall–Kier alpha value is -1.16. The SMILES string of the molecule is CCN(CC)CCCNc1ccnc(F)c1. The van der Waals surface area contributed by atoms with Gasteiger partial charge in [-0.25, -0.2) is 4.98 Å². The molecule has 1 heterocycles. The van der Waals surface area contributed by atoms with Crippen molar-refractivity contribution in [2.45, 2.75) is 20.3 Å². The number of nitrogens with zero attached hydrogens (tertiary/aromatic N) is 2. The van der Waals surface area contributed by atoms with Crippen LogP contribution in [0.15, 0.2) is 18.3 Å². The van der Waals surface area contributed by atoms with Crippen LogP contribution in [-0.4, -0.2) is 36.1 Å². The van der Waals surface area contributed by atoms with E-state index in [2.05, 4.69) is 29.0 Å². The van der Waals surface area contributed by atoms with Crippen LogP contribution in [0.1, 0.15) is 20.3 Å². The predicted octanol–water partition coefficient (Wildman–Crippen LogP) is 2.36. The third kappa shape index (κ3) is 4.57. The smallest absolute Gasteiger partial charge is 0.214 e. The molecule has 1 rings (SSSR count). The molecule has 0 radical (unpaired) electrons. The molecule has 0 aliphatic heterocycles. The highest BCUT2D eigenvalue weighted by molar-refractivity contribution is 5.40. The largest absolute Gasteiger partial charge is 0.385 e. The molecule has 0 amide bonds. The summed E-state index contributed by atoms with van der Waals surface area (Å²) in [6.07, 6.45) is 2.54. The second kappa shape index (κ2) is 7.17. The Morgan fingerprint density at radius 1 is 1.38 bits per heavy atom. The maximum atomic E-state index is 12.8. The van der Waals surface area contributed by atoms with E-state index >= 15 is 0 Å². The van der Waals surface area contributed by atoms with E-state index in [1.165, 1.54) is 12.3 Å². The van der Waals surface area contributed by atoms with Gasteiger partial charge in [-0.3, -0.25) is 0 Å². The van der Waals surface area contributed by atoms with Crippen molar-refractivity contribution < 1.29 is 4.39 Å². The van der Waals surface area contributed by atoms with Gasteiger partial charge in [0.15, 0.2) is 0 Å². The summed E-state index contributed by atoms with van der Waals surface area (Å²) in [6.45, 7) is 8.43. The van der Waals surface area contributed by atoms with Gasteiger partial charge in [0, 0.05) is 24.5 Å². The number of nitrogens with one attached hydrogen (secondary N) is 1. The summed E-state index contributed by atoms with van der Waals surface area (Å²) < 4.78 is 12.8. The maximum Gasteiger partial charge on any atom is 0.214 e. The fourth-order valence-electron chi connectivity index (χ4n) is 1.59. The average Bonchev–Trinajstić information content (AvgIpc) is 2.29. The van der Waals surface area contributed by atoms with Crippen LogP contribution in [0.5, 0.6) is 0 Å². The highest BCUT2D eigenvalue weighted by Gasteiger charge is 1.98. The quantitative estimate of drug-likeness (QED) is 0.570. The summed E-state index contributed by atoms with van der Waals surface area (Å²) >= 11 is 0. The van der Waals surface area contributed by atoms with E-state index in [1.807, 2.05) is 0 Å². The summed E-state index contributed by atoms with van der Waals surface area (Å²) in [7, 11) is 0. The number of halogens is 1. The number of hydrogen-bond donors (Lipinski definition) is 1. The molecule has 16 heavy (non-hydrogen) atoms. The van der Waals surface area contributed by atoms with Crippen molar-refractivity contribution in [3.05, 3.63) is 24.3 Å². The van der Waals surface area contributed by atoms with Gasteiger partial charge in [0.2, 0.25) is 5.95 Å². The number of pyridine rings is 1. The molecule has 0 saturated heterocycles. The first kappa shape index (κ1) is 12.9. The van der Waals surface area contributed by atoms with Crippen molar-refractivity contribution in [3.63, 3.8) is 0 Å². The molecule has 0 fully saturated rings. The van der Waals surface area contributed by atoms with E-state index in [-0.39, 0.29) is 0 Å². The average molecular weight is 225 g/mol. The Morgan fingerprint density at radius 2 is 2.12 bits per heavy atom. The topological polar surface area (TPSA) is 28.2 Å². The molecule has 0 atom stereocenters. The summed E-state index contributed by atoms with van der Waals surface area (Å²) in [5, 5.41) is 3.18. The molecular formula is C12H20FN3. The molecular weight excluding hydrogens is 205 g/mol. The fourth-order valence-corrected chi connectivity index (χ4v) is 1.59. The second-order valence-electron chi connectivity index (χ2n) is 3.67. The molecule has 0 spiro atoms. The van der Waals surface area contributed by atoms with E-state index in [1.54, 1.807) is 6.07 Å². The summed E-state index contributed by atoms with van der Waals surface area (Å²) in [6, 6.07) is 3.19. The normalized spacial score (nSPS) is 10.8. The molecule has 0 aliphatic rings. The van der Waals surface area contributed by atoms with Crippen LogP contribution in [0.3, 0.4) is 0 Å². The van der Waals surface area contributed by atoms with Crippen molar-refractivity contribution in [1.29, 1.82) is 0 Å². The highest BCUT2D eigenvalue weighted by Crippen LogP contribution is 2.06. The molecule has 0 bridgehead atoms. The van der Waals surface area contributed by atoms with Crippen LogP contribution in [0.2, 0.25) is 0 Å². The third-order valence-electron chi connectivity index (χ3n) is 2.60. The van der Waals surface area contributed by atoms with Crippen molar-refractivity contribution in [2.24, 2.45) is 0 Å². The summed E-state index contributed by atoms with van der Waals surface area (Å²) in [5.74, 6) is -0.436. The van der Waals surface area contributed by atoms with Crippen LogP contribution in [-0.2, 0) is 0 Å². The second-order valence-corrected chi connectivity index (χ2v) is 3.67. The van der Waals surface area contributed by atoms with Crippen LogP contribution >= 0.6 is 0 Å². The van der Waals surface area contributed by atoms with E-state index < -0.39 is 5.95 Å². The van der Waals surface area contributed by atoms with E-state index in [0.29, 0.717) is 0 Å². The lowest BCUT2D eigenvalue weighted by Crippen LogP contribution is -2.25. The van der Waals surface area contributed by atoms with Gasteiger partial charge >= 0.3 is 0 Å². The summed E-state index contributed by atoms with van der Waals surface area (Å²) in [4.78, 5) is 5.88. The van der Waals surface area contributed by atoms with Gasteiger partial charge in [0.25, 0.3) is 0 Å². The Labute approximate surface area is 96.7 Å². The predicted molar refractivity (Wildman–Crippen MR) is 65.1 cm³/mol. The fraction of sp³-hybridized carbons (Fsp3) is 0.583. The van der Waals surface area contributed by atoms with Gasteiger partial charge in [-0.2, -0.15) is 4.39 Å². The van der Waals surface area contributed by atoms with Crippen LogP contribution < -0.4 is 5.32 Å². The van der Waals surface area contributed by atoms with Gasteiger partial charge in [-0.1, -0.05) is 13.8 Å². The monoisotopic (exact) mass is 225 g/mol. The van der Waals surface area contributed by atoms with Gasteiger partial charge in [0.1, 0.15) is 0 Å². The van der Waals surface area contributed by atoms with Crippen molar-refractivity contribution in [1.82, 2.24) is 9.88 Å². The van der Waals surface area contributed by atoms with Crippen molar-refractivity contribution in [2.75, 3.05) is 31.5 Å². The lowest BCUT2D eigenvalue weighted by Gasteiger charge is -2.17. The number of anilines is 1. The number of rotatable bonds is 7. The maximum absolute atomic E-state index is 12.8. The number of hydrogen-bond acceptors (Lipinski definition) is 3. The molecule has 90 valence electrons. The third-order valence-corrected chi connectivity index (χ3v) is 2.60. The zero-order valence-electron chi connectivity index (χ0n) is 10.0. The van der Waals surface area contributed by atoms with Gasteiger partial charge in [0.05, 0.1) is 0 Å². The molecule has 1 aromatic heterocycles. The molecule has 0 unspecified atom stereocenters. The van der Waals surface area contributed by atoms with Gasteiger partial charge < -0.3 is 10.2 Å². The van der Waals surface area contributed by atoms with Crippen molar-refractivity contribution >= 4 is 5.69 Å². The summed E-state index contributed by atoms with van der Waals surface area (Å²) in [5.41, 5.74) is 0.798. The minimum Gasteiger partial charge on any atom is -0.385 e. The molecule has 0 saturated carbocycles. The lowest BCUT2D eigenvalue weighted by molar-refractivity contribution is 0.303. The standard InChI is InChI=1S/C12H20FN3/c1-3-16(4-2)9-5-7-14-11-6-8-15-12(13)10-11/h6,8,10H,3-5,7,9H2,1-2H3,(H,14,15). The van der Waals surface area contributed by atoms with Crippen LogP contribution in [0.4, 0.5) is 10.1 Å². The highest BCUT2D eigenvalue weighted by atomic mass is 19.1. The van der Waals surface area contributed by atoms with E-state index in [4.69, 9.17) is 0 Å². The van der Waals surface area contributed by atoms with Gasteiger partial charge in [-0.05, 0) is 32.1 Å². The lowest BCUT2D eigenvalue weighted by atomic mass is 10.3.